The van der Waals surface area contributed by atoms with Gasteiger partial charge in [-0.05, 0) is 42.3 Å². The van der Waals surface area contributed by atoms with E-state index in [0.717, 1.165) is 11.3 Å². The summed E-state index contributed by atoms with van der Waals surface area (Å²) in [6.07, 6.45) is 1.75. The van der Waals surface area contributed by atoms with Gasteiger partial charge < -0.3 is 24.2 Å². The van der Waals surface area contributed by atoms with Gasteiger partial charge in [0.25, 0.3) is 0 Å². The van der Waals surface area contributed by atoms with Crippen molar-refractivity contribution in [1.82, 2.24) is 4.90 Å². The van der Waals surface area contributed by atoms with Gasteiger partial charge in [0.15, 0.2) is 5.76 Å². The van der Waals surface area contributed by atoms with E-state index < -0.39 is 0 Å². The number of anilines is 1. The Bertz CT molecular complexity index is 975. The van der Waals surface area contributed by atoms with Crippen molar-refractivity contribution < 1.29 is 24.1 Å². The molecule has 0 saturated heterocycles. The largest absolute Gasteiger partial charge is 0.507 e. The monoisotopic (exact) mass is 440 g/mol. The lowest BCUT2D eigenvalue weighted by atomic mass is 9.99. The Morgan fingerprint density at radius 2 is 1.69 bits per heavy atom. The van der Waals surface area contributed by atoms with Crippen LogP contribution in [0.3, 0.4) is 0 Å². The first-order valence-electron chi connectivity index (χ1n) is 10.6. The van der Waals surface area contributed by atoms with Crippen molar-refractivity contribution in [2.24, 2.45) is 0 Å². The molecule has 172 valence electrons. The smallest absolute Gasteiger partial charge is 0.232 e. The van der Waals surface area contributed by atoms with Crippen molar-refractivity contribution in [3.8, 4) is 11.5 Å². The number of phenolic OH excluding ortho intramolecular Hbond substituents is 1. The summed E-state index contributed by atoms with van der Waals surface area (Å²) in [5, 5.41) is 10.7. The van der Waals surface area contributed by atoms with Crippen LogP contribution < -0.4 is 9.64 Å². The van der Waals surface area contributed by atoms with Crippen LogP contribution in [0.5, 0.6) is 11.5 Å². The number of aryl methyl sites for hydroxylation is 1. The van der Waals surface area contributed by atoms with Gasteiger partial charge in [-0.1, -0.05) is 12.1 Å². The van der Waals surface area contributed by atoms with E-state index in [1.165, 1.54) is 0 Å². The third kappa shape index (κ3) is 5.30. The average Bonchev–Trinajstić information content (AvgIpc) is 3.09. The Balaban J connectivity index is 1.92. The van der Waals surface area contributed by atoms with E-state index in [-0.39, 0.29) is 17.3 Å². The molecule has 1 aliphatic heterocycles. The zero-order chi connectivity index (χ0) is 23.3. The average molecular weight is 441 g/mol. The quantitative estimate of drug-likeness (QED) is 0.567. The van der Waals surface area contributed by atoms with Crippen LogP contribution in [-0.2, 0) is 16.0 Å². The van der Waals surface area contributed by atoms with Crippen LogP contribution in [0.2, 0.25) is 0 Å². The summed E-state index contributed by atoms with van der Waals surface area (Å²) in [6.45, 7) is 4.65. The second-order valence-corrected chi connectivity index (χ2v) is 8.08. The summed E-state index contributed by atoms with van der Waals surface area (Å²) in [5.41, 5.74) is 3.74. The number of phenols is 1. The third-order valence-electron chi connectivity index (χ3n) is 5.53. The first-order chi connectivity index (χ1) is 15.3. The van der Waals surface area contributed by atoms with E-state index in [1.54, 1.807) is 26.4 Å². The second-order valence-electron chi connectivity index (χ2n) is 8.08. The highest BCUT2D eigenvalue weighted by Crippen LogP contribution is 2.42. The Morgan fingerprint density at radius 3 is 2.25 bits per heavy atom. The summed E-state index contributed by atoms with van der Waals surface area (Å²) in [5.74, 6) is 0.637. The van der Waals surface area contributed by atoms with Crippen molar-refractivity contribution in [1.29, 1.82) is 0 Å². The zero-order valence-corrected chi connectivity index (χ0v) is 19.5. The van der Waals surface area contributed by atoms with Crippen LogP contribution >= 0.6 is 0 Å². The van der Waals surface area contributed by atoms with Crippen molar-refractivity contribution >= 4 is 17.5 Å². The number of hydrogen-bond donors (Lipinski definition) is 1. The number of ether oxygens (including phenoxy) is 3. The van der Waals surface area contributed by atoms with Crippen LogP contribution in [0.25, 0.3) is 6.08 Å². The number of Topliss-reactive ketones (excluding diaryl/α,β-unsaturated/α-hetero) is 1. The van der Waals surface area contributed by atoms with Crippen LogP contribution in [-0.4, -0.2) is 70.4 Å². The van der Waals surface area contributed by atoms with Crippen LogP contribution in [0.4, 0.5) is 5.69 Å². The molecule has 2 aromatic carbocycles. The number of nitrogens with zero attached hydrogens (tertiary/aromatic N) is 2. The molecule has 0 unspecified atom stereocenters. The lowest BCUT2D eigenvalue weighted by molar-refractivity contribution is 0.101. The molecule has 0 aromatic heterocycles. The van der Waals surface area contributed by atoms with Gasteiger partial charge in [0.05, 0.1) is 24.3 Å². The number of allylic oxidation sites excluding steroid dienone is 1. The molecule has 1 aliphatic rings. The van der Waals surface area contributed by atoms with Crippen LogP contribution in [0.1, 0.15) is 27.0 Å². The summed E-state index contributed by atoms with van der Waals surface area (Å²) >= 11 is 0. The molecule has 1 N–H and O–H groups in total. The molecular formula is C25H32N2O5. The number of rotatable bonds is 10. The number of carbonyl (C=O) groups is 1. The van der Waals surface area contributed by atoms with Gasteiger partial charge in [-0.15, -0.1) is 0 Å². The molecule has 0 aliphatic carbocycles. The molecule has 0 spiro atoms. The molecule has 1 heterocycles. The summed E-state index contributed by atoms with van der Waals surface area (Å²) in [7, 11) is 7.26. The fraction of sp³-hybridized carbons (Fsp3) is 0.400. The lowest BCUT2D eigenvalue weighted by Gasteiger charge is -2.23. The maximum absolute atomic E-state index is 13.2. The molecule has 3 rings (SSSR count). The van der Waals surface area contributed by atoms with Gasteiger partial charge >= 0.3 is 0 Å². The van der Waals surface area contributed by atoms with Gasteiger partial charge in [0.1, 0.15) is 11.5 Å². The van der Waals surface area contributed by atoms with E-state index in [0.29, 0.717) is 55.3 Å². The molecule has 0 amide bonds. The number of methoxy groups -OCH3 is 2. The summed E-state index contributed by atoms with van der Waals surface area (Å²) in [6, 6.07) is 9.51. The predicted octanol–water partition coefficient (Wildman–Crippen LogP) is 3.48. The maximum atomic E-state index is 13.2. The normalized spacial score (nSPS) is 14.2. The van der Waals surface area contributed by atoms with Crippen molar-refractivity contribution in [2.45, 2.75) is 13.5 Å². The summed E-state index contributed by atoms with van der Waals surface area (Å²) < 4.78 is 16.5. The Labute approximate surface area is 189 Å². The minimum Gasteiger partial charge on any atom is -0.507 e. The molecule has 0 bridgehead atoms. The van der Waals surface area contributed by atoms with E-state index >= 15 is 0 Å². The van der Waals surface area contributed by atoms with Gasteiger partial charge in [-0.3, -0.25) is 9.69 Å². The highest BCUT2D eigenvalue weighted by molar-refractivity contribution is 6.15. The van der Waals surface area contributed by atoms with Crippen LogP contribution in [0, 0.1) is 6.92 Å². The van der Waals surface area contributed by atoms with Gasteiger partial charge in [-0.2, -0.15) is 0 Å². The lowest BCUT2D eigenvalue weighted by Crippen LogP contribution is -2.30. The minimum absolute atomic E-state index is 0.116. The molecule has 32 heavy (non-hydrogen) atoms. The number of fused-ring (bicyclic) bond motifs is 1. The molecule has 0 saturated carbocycles. The highest BCUT2D eigenvalue weighted by Gasteiger charge is 2.33. The SMILES string of the molecule is COCCN(CCOC)Cc1c(O)cc(C)c2c1O/C(=C/c1ccc(N(C)C)cc1)C2=O. The van der Waals surface area contributed by atoms with E-state index in [2.05, 4.69) is 4.90 Å². The van der Waals surface area contributed by atoms with Gasteiger partial charge in [-0.25, -0.2) is 0 Å². The number of ketones is 1. The Hall–Kier alpha value is -2.87. The number of hydrogen-bond acceptors (Lipinski definition) is 7. The maximum Gasteiger partial charge on any atom is 0.232 e. The Morgan fingerprint density at radius 1 is 1.06 bits per heavy atom. The van der Waals surface area contributed by atoms with E-state index in [9.17, 15) is 9.90 Å². The molecule has 2 aromatic rings. The van der Waals surface area contributed by atoms with E-state index in [4.69, 9.17) is 14.2 Å². The number of aromatic hydroxyl groups is 1. The fourth-order valence-corrected chi connectivity index (χ4v) is 3.69. The van der Waals surface area contributed by atoms with Crippen molar-refractivity contribution in [3.05, 3.63) is 58.3 Å². The first-order valence-corrected chi connectivity index (χ1v) is 10.6. The highest BCUT2D eigenvalue weighted by atomic mass is 16.5. The molecule has 0 fully saturated rings. The third-order valence-corrected chi connectivity index (χ3v) is 5.53. The number of carbonyl (C=O) groups excluding carboxylic acids is 1. The van der Waals surface area contributed by atoms with Crippen molar-refractivity contribution in [2.75, 3.05) is 59.5 Å². The predicted molar refractivity (Wildman–Crippen MR) is 126 cm³/mol. The topological polar surface area (TPSA) is 71.5 Å². The molecule has 0 atom stereocenters. The van der Waals surface area contributed by atoms with Crippen LogP contribution in [0.15, 0.2) is 36.1 Å². The molecular weight excluding hydrogens is 408 g/mol. The second kappa shape index (κ2) is 10.6. The molecule has 7 heteroatoms. The summed E-state index contributed by atoms with van der Waals surface area (Å²) in [4.78, 5) is 17.3. The van der Waals surface area contributed by atoms with E-state index in [1.807, 2.05) is 50.2 Å². The standard InChI is InChI=1S/C25H32N2O5/c1-17-14-21(28)20(16-27(10-12-30-4)11-13-31-5)25-23(17)24(29)22(32-25)15-18-6-8-19(9-7-18)26(2)3/h6-9,14-15,28H,10-13,16H2,1-5H3/b22-15+. The fourth-order valence-electron chi connectivity index (χ4n) is 3.69. The van der Waals surface area contributed by atoms with Gasteiger partial charge in [0.2, 0.25) is 5.78 Å². The van der Waals surface area contributed by atoms with Gasteiger partial charge in [0, 0.05) is 53.6 Å². The molecule has 0 radical (unpaired) electrons. The number of benzene rings is 2. The van der Waals surface area contributed by atoms with Crippen molar-refractivity contribution in [3.63, 3.8) is 0 Å². The Kier molecular flexibility index (Phi) is 7.90. The minimum atomic E-state index is -0.171. The first kappa shape index (κ1) is 23.8. The zero-order valence-electron chi connectivity index (χ0n) is 19.5. The molecule has 7 nitrogen and oxygen atoms in total.